The molecule has 0 radical (unpaired) electrons. The van der Waals surface area contributed by atoms with Crippen molar-refractivity contribution in [3.8, 4) is 5.75 Å². The Balaban J connectivity index is 1.15. The van der Waals surface area contributed by atoms with Gasteiger partial charge in [-0.1, -0.05) is 36.6 Å². The van der Waals surface area contributed by atoms with Crippen molar-refractivity contribution < 1.29 is 14.3 Å². The van der Waals surface area contributed by atoms with Gasteiger partial charge in [0.05, 0.1) is 5.92 Å². The highest BCUT2D eigenvalue weighted by atomic mass is 35.5. The molecule has 3 fully saturated rings. The van der Waals surface area contributed by atoms with E-state index in [1.165, 1.54) is 6.42 Å². The second-order valence-corrected chi connectivity index (χ2v) is 10.2. The van der Waals surface area contributed by atoms with Crippen molar-refractivity contribution in [2.24, 2.45) is 5.92 Å². The number of carbonyl (C=O) groups excluding carboxylic acids is 2. The molecule has 0 bridgehead atoms. The number of amides is 2. The minimum atomic E-state index is -0.141. The van der Waals surface area contributed by atoms with Gasteiger partial charge in [-0.15, -0.1) is 0 Å². The van der Waals surface area contributed by atoms with Crippen LogP contribution in [0.3, 0.4) is 0 Å². The molecule has 0 spiro atoms. The summed E-state index contributed by atoms with van der Waals surface area (Å²) >= 11 is 6.05. The summed E-state index contributed by atoms with van der Waals surface area (Å²) in [5.41, 5.74) is 2.59. The van der Waals surface area contributed by atoms with Crippen molar-refractivity contribution in [1.29, 1.82) is 0 Å². The molecular weight excluding hydrogens is 464 g/mol. The summed E-state index contributed by atoms with van der Waals surface area (Å²) in [4.78, 5) is 29.9. The molecule has 2 N–H and O–H groups in total. The van der Waals surface area contributed by atoms with Crippen molar-refractivity contribution in [2.45, 2.75) is 51.5 Å². The third-order valence-electron chi connectivity index (χ3n) is 7.43. The molecule has 1 aliphatic carbocycles. The molecule has 5 rings (SSSR count). The lowest BCUT2D eigenvalue weighted by molar-refractivity contribution is -0.134. The second-order valence-electron chi connectivity index (χ2n) is 9.80. The second kappa shape index (κ2) is 10.6. The Morgan fingerprint density at radius 2 is 1.89 bits per heavy atom. The average Bonchev–Trinajstić information content (AvgIpc) is 2.87. The Morgan fingerprint density at radius 3 is 2.66 bits per heavy atom. The van der Waals surface area contributed by atoms with E-state index in [-0.39, 0.29) is 30.1 Å². The maximum Gasteiger partial charge on any atom is 0.253 e. The number of hydrogen-bond donors (Lipinski definition) is 2. The van der Waals surface area contributed by atoms with Crippen molar-refractivity contribution in [2.75, 3.05) is 26.2 Å². The van der Waals surface area contributed by atoms with Gasteiger partial charge in [-0.25, -0.2) is 0 Å². The third-order valence-corrected chi connectivity index (χ3v) is 7.66. The molecule has 1 saturated carbocycles. The lowest BCUT2D eigenvalue weighted by Gasteiger charge is -2.46. The van der Waals surface area contributed by atoms with Crippen LogP contribution in [0.5, 0.6) is 5.75 Å². The first-order valence-electron chi connectivity index (χ1n) is 12.6. The Kier molecular flexibility index (Phi) is 7.27. The normalized spacial score (nSPS) is 25.0. The molecule has 8 heteroatoms. The molecule has 2 aliphatic heterocycles. The maximum atomic E-state index is 13.2. The fourth-order valence-corrected chi connectivity index (χ4v) is 5.64. The molecule has 3 unspecified atom stereocenters. The van der Waals surface area contributed by atoms with Crippen LogP contribution in [0.15, 0.2) is 42.5 Å². The van der Waals surface area contributed by atoms with E-state index in [1.54, 1.807) is 0 Å². The smallest absolute Gasteiger partial charge is 0.253 e. The highest BCUT2D eigenvalue weighted by Gasteiger charge is 2.40. The van der Waals surface area contributed by atoms with Crippen LogP contribution in [0, 0.1) is 12.8 Å². The highest BCUT2D eigenvalue weighted by molar-refractivity contribution is 6.30. The van der Waals surface area contributed by atoms with Gasteiger partial charge in [0.1, 0.15) is 18.6 Å². The standard InChI is InChI=1S/C27H33ClN4O3/c1-18-15-20(9-10-24(18)35-17-19-5-4-6-21(28)16-19)26(34)31-11-13-32(14-12-31)27-29-23-8-3-2-7-22(23)25(33)30-27/h4-6,9-10,15-16,22-23,27,29H,2-3,7-8,11-14,17H2,1H3,(H,30,33). The third kappa shape index (κ3) is 5.47. The molecular formula is C27H33ClN4O3. The van der Waals surface area contributed by atoms with Gasteiger partial charge < -0.3 is 15.0 Å². The lowest BCUT2D eigenvalue weighted by atomic mass is 9.82. The van der Waals surface area contributed by atoms with Crippen LogP contribution in [0.25, 0.3) is 0 Å². The summed E-state index contributed by atoms with van der Waals surface area (Å²) in [5, 5.41) is 7.48. The number of rotatable bonds is 5. The summed E-state index contributed by atoms with van der Waals surface area (Å²) in [6.07, 6.45) is 4.21. The molecule has 2 saturated heterocycles. The quantitative estimate of drug-likeness (QED) is 0.662. The van der Waals surface area contributed by atoms with Crippen molar-refractivity contribution in [1.82, 2.24) is 20.4 Å². The van der Waals surface area contributed by atoms with Crippen LogP contribution in [0.4, 0.5) is 0 Å². The maximum absolute atomic E-state index is 13.2. The van der Waals surface area contributed by atoms with Gasteiger partial charge in [-0.3, -0.25) is 19.8 Å². The average molecular weight is 497 g/mol. The van der Waals surface area contributed by atoms with Crippen LogP contribution in [0.1, 0.15) is 47.2 Å². The number of ether oxygens (including phenoxy) is 1. The first-order chi connectivity index (χ1) is 17.0. The Morgan fingerprint density at radius 1 is 1.09 bits per heavy atom. The van der Waals surface area contributed by atoms with E-state index in [2.05, 4.69) is 15.5 Å². The fourth-order valence-electron chi connectivity index (χ4n) is 5.43. The summed E-state index contributed by atoms with van der Waals surface area (Å²) in [7, 11) is 0. The topological polar surface area (TPSA) is 73.9 Å². The van der Waals surface area contributed by atoms with Crippen molar-refractivity contribution >= 4 is 23.4 Å². The zero-order valence-electron chi connectivity index (χ0n) is 20.1. The largest absolute Gasteiger partial charge is 0.489 e. The molecule has 3 atom stereocenters. The molecule has 35 heavy (non-hydrogen) atoms. The molecule has 2 amide bonds. The number of nitrogens with zero attached hydrogens (tertiary/aromatic N) is 2. The predicted octanol–water partition coefficient (Wildman–Crippen LogP) is 3.55. The molecule has 0 aromatic heterocycles. The molecule has 2 heterocycles. The molecule has 186 valence electrons. The van der Waals surface area contributed by atoms with Gasteiger partial charge >= 0.3 is 0 Å². The van der Waals surface area contributed by atoms with Gasteiger partial charge in [0.25, 0.3) is 5.91 Å². The fraction of sp³-hybridized carbons (Fsp3) is 0.481. The Bertz CT molecular complexity index is 1090. The van der Waals surface area contributed by atoms with E-state index in [0.29, 0.717) is 30.3 Å². The minimum Gasteiger partial charge on any atom is -0.489 e. The van der Waals surface area contributed by atoms with E-state index < -0.39 is 0 Å². The number of nitrogens with one attached hydrogen (secondary N) is 2. The number of benzene rings is 2. The van der Waals surface area contributed by atoms with E-state index in [1.807, 2.05) is 54.3 Å². The SMILES string of the molecule is Cc1cc(C(=O)N2CCN(C3NC(=O)C4CCCCC4N3)CC2)ccc1OCc1cccc(Cl)c1. The summed E-state index contributed by atoms with van der Waals surface area (Å²) in [5.74, 6) is 1.06. The number of piperazine rings is 1. The van der Waals surface area contributed by atoms with Crippen LogP contribution < -0.4 is 15.4 Å². The van der Waals surface area contributed by atoms with E-state index in [9.17, 15) is 9.59 Å². The molecule has 2 aromatic rings. The zero-order valence-corrected chi connectivity index (χ0v) is 20.9. The summed E-state index contributed by atoms with van der Waals surface area (Å²) < 4.78 is 5.95. The van der Waals surface area contributed by atoms with Crippen LogP contribution in [-0.4, -0.2) is 60.1 Å². The van der Waals surface area contributed by atoms with Crippen LogP contribution >= 0.6 is 11.6 Å². The number of carbonyl (C=O) groups is 2. The Labute approximate surface area is 211 Å². The monoisotopic (exact) mass is 496 g/mol. The first kappa shape index (κ1) is 24.1. The Hall–Kier alpha value is -2.61. The van der Waals surface area contributed by atoms with Crippen LogP contribution in [0.2, 0.25) is 5.02 Å². The molecule has 2 aromatic carbocycles. The van der Waals surface area contributed by atoms with Crippen molar-refractivity contribution in [3.63, 3.8) is 0 Å². The number of hydrogen-bond acceptors (Lipinski definition) is 5. The summed E-state index contributed by atoms with van der Waals surface area (Å²) in [6.45, 7) is 5.09. The van der Waals surface area contributed by atoms with E-state index in [0.717, 1.165) is 49.2 Å². The van der Waals surface area contributed by atoms with Gasteiger partial charge in [-0.2, -0.15) is 0 Å². The van der Waals surface area contributed by atoms with Gasteiger partial charge in [0, 0.05) is 42.8 Å². The van der Waals surface area contributed by atoms with Gasteiger partial charge in [0.15, 0.2) is 0 Å². The van der Waals surface area contributed by atoms with Gasteiger partial charge in [-0.05, 0) is 61.2 Å². The first-order valence-corrected chi connectivity index (χ1v) is 12.9. The predicted molar refractivity (Wildman–Crippen MR) is 135 cm³/mol. The number of aryl methyl sites for hydroxylation is 1. The lowest BCUT2D eigenvalue weighted by Crippen LogP contribution is -2.69. The van der Waals surface area contributed by atoms with E-state index in [4.69, 9.17) is 16.3 Å². The summed E-state index contributed by atoms with van der Waals surface area (Å²) in [6, 6.07) is 13.5. The van der Waals surface area contributed by atoms with Crippen LogP contribution in [-0.2, 0) is 11.4 Å². The minimum absolute atomic E-state index is 0.0297. The van der Waals surface area contributed by atoms with Gasteiger partial charge in [0.2, 0.25) is 5.91 Å². The van der Waals surface area contributed by atoms with E-state index >= 15 is 0 Å². The highest BCUT2D eigenvalue weighted by Crippen LogP contribution is 2.28. The number of fused-ring (bicyclic) bond motifs is 1. The number of halogens is 1. The zero-order chi connectivity index (χ0) is 24.4. The molecule has 3 aliphatic rings. The van der Waals surface area contributed by atoms with Crippen molar-refractivity contribution in [3.05, 3.63) is 64.2 Å². The molecule has 7 nitrogen and oxygen atoms in total.